The fraction of sp³-hybridized carbons (Fsp3) is 0.381. The van der Waals surface area contributed by atoms with E-state index in [9.17, 15) is 30.3 Å². The first-order valence-corrected chi connectivity index (χ1v) is 9.39. The number of aryl methyl sites for hydroxylation is 2. The van der Waals surface area contributed by atoms with Gasteiger partial charge < -0.3 is 39.4 Å². The Hall–Kier alpha value is -2.69. The van der Waals surface area contributed by atoms with Crippen molar-refractivity contribution in [3.8, 4) is 11.5 Å². The van der Waals surface area contributed by atoms with E-state index in [1.165, 1.54) is 12.1 Å². The van der Waals surface area contributed by atoms with Gasteiger partial charge in [0.2, 0.25) is 6.29 Å². The van der Waals surface area contributed by atoms with Gasteiger partial charge in [0.05, 0.1) is 17.4 Å². The Labute approximate surface area is 170 Å². The Kier molecular flexibility index (Phi) is 5.16. The maximum Gasteiger partial charge on any atom is 0.229 e. The predicted octanol–water partition coefficient (Wildman–Crippen LogP) is 0.447. The normalized spacial score (nSPS) is 26.9. The van der Waals surface area contributed by atoms with Crippen LogP contribution in [0.2, 0.25) is 0 Å². The summed E-state index contributed by atoms with van der Waals surface area (Å²) in [6.07, 6.45) is -7.18. The molecule has 3 aromatic rings. The van der Waals surface area contributed by atoms with E-state index in [0.717, 1.165) is 0 Å². The zero-order chi connectivity index (χ0) is 21.7. The van der Waals surface area contributed by atoms with Crippen LogP contribution in [0.15, 0.2) is 33.5 Å². The summed E-state index contributed by atoms with van der Waals surface area (Å²) in [5, 5.41) is 51.1. The number of phenolic OH excluding ortho intramolecular Hbond substituents is 1. The van der Waals surface area contributed by atoms with E-state index in [1.54, 1.807) is 26.0 Å². The number of aliphatic hydroxyl groups is 4. The van der Waals surface area contributed by atoms with Crippen molar-refractivity contribution < 1.29 is 39.4 Å². The lowest BCUT2D eigenvalue weighted by Crippen LogP contribution is -2.60. The number of benzene rings is 2. The van der Waals surface area contributed by atoms with E-state index in [1.807, 2.05) is 0 Å². The van der Waals surface area contributed by atoms with Gasteiger partial charge in [0.1, 0.15) is 47.3 Å². The molecule has 0 aliphatic carbocycles. The smallest absolute Gasteiger partial charge is 0.229 e. The third-order valence-electron chi connectivity index (χ3n) is 5.29. The molecular weight excluding hydrogens is 396 g/mol. The Morgan fingerprint density at radius 3 is 2.43 bits per heavy atom. The number of aromatic hydroxyl groups is 1. The molecule has 9 nitrogen and oxygen atoms in total. The molecule has 1 aromatic heterocycles. The number of fused-ring (bicyclic) bond motifs is 3. The van der Waals surface area contributed by atoms with Crippen LogP contribution in [0.5, 0.6) is 11.5 Å². The molecule has 9 heteroatoms. The van der Waals surface area contributed by atoms with Gasteiger partial charge in [-0.05, 0) is 30.9 Å². The molecule has 1 aliphatic heterocycles. The first kappa shape index (κ1) is 20.6. The van der Waals surface area contributed by atoms with E-state index in [0.29, 0.717) is 27.5 Å². The van der Waals surface area contributed by atoms with Crippen LogP contribution in [0.3, 0.4) is 0 Å². The van der Waals surface area contributed by atoms with Crippen molar-refractivity contribution >= 4 is 21.7 Å². The van der Waals surface area contributed by atoms with Crippen molar-refractivity contribution in [2.24, 2.45) is 0 Å². The molecular formula is C21H22O9. The van der Waals surface area contributed by atoms with Gasteiger partial charge in [0, 0.05) is 12.1 Å². The zero-order valence-corrected chi connectivity index (χ0v) is 16.3. The second kappa shape index (κ2) is 7.53. The standard InChI is InChI=1S/C21H22O9/c1-8-3-10-5-11(29-21-19(27)18(26)17(25)14(7-22)30-21)6-13(24)16(10)20-15(8)12(23)4-9(2)28-20/h3-6,14,17-19,21-22,24-27H,7H2,1-2H3/t14-,17+,18+,19-,21-/m0/s1. The summed E-state index contributed by atoms with van der Waals surface area (Å²) in [4.78, 5) is 12.4. The SMILES string of the molecule is Cc1cc(=O)c2c(C)cc3cc(O[C@H]4O[C@@H](CO)[C@@H](O)[C@@H](O)[C@@H]4O)cc(O)c3c2o1. The number of phenols is 1. The monoisotopic (exact) mass is 418 g/mol. The fourth-order valence-corrected chi connectivity index (χ4v) is 3.82. The first-order valence-electron chi connectivity index (χ1n) is 9.39. The van der Waals surface area contributed by atoms with Crippen LogP contribution in [0.1, 0.15) is 11.3 Å². The molecule has 2 aromatic carbocycles. The maximum atomic E-state index is 12.4. The highest BCUT2D eigenvalue weighted by Crippen LogP contribution is 2.37. The van der Waals surface area contributed by atoms with Crippen LogP contribution in [0.25, 0.3) is 21.7 Å². The highest BCUT2D eigenvalue weighted by molar-refractivity contribution is 6.09. The number of ether oxygens (including phenoxy) is 2. The van der Waals surface area contributed by atoms with E-state index < -0.39 is 37.3 Å². The Morgan fingerprint density at radius 1 is 1.00 bits per heavy atom. The third-order valence-corrected chi connectivity index (χ3v) is 5.29. The number of aliphatic hydroxyl groups excluding tert-OH is 4. The lowest BCUT2D eigenvalue weighted by atomic mass is 9.99. The molecule has 30 heavy (non-hydrogen) atoms. The minimum atomic E-state index is -1.58. The summed E-state index contributed by atoms with van der Waals surface area (Å²) in [6, 6.07) is 5.91. The van der Waals surface area contributed by atoms with Crippen molar-refractivity contribution in [3.63, 3.8) is 0 Å². The maximum absolute atomic E-state index is 12.4. The molecule has 0 amide bonds. The summed E-state index contributed by atoms with van der Waals surface area (Å²) in [7, 11) is 0. The molecule has 160 valence electrons. The quantitative estimate of drug-likeness (QED) is 0.382. The topological polar surface area (TPSA) is 150 Å². The fourth-order valence-electron chi connectivity index (χ4n) is 3.82. The van der Waals surface area contributed by atoms with Crippen molar-refractivity contribution in [2.45, 2.75) is 44.6 Å². The minimum Gasteiger partial charge on any atom is -0.507 e. The number of hydrogen-bond donors (Lipinski definition) is 5. The van der Waals surface area contributed by atoms with Crippen LogP contribution in [0, 0.1) is 13.8 Å². The van der Waals surface area contributed by atoms with Gasteiger partial charge >= 0.3 is 0 Å². The van der Waals surface area contributed by atoms with Crippen LogP contribution < -0.4 is 10.2 Å². The molecule has 5 N–H and O–H groups in total. The van der Waals surface area contributed by atoms with Crippen LogP contribution >= 0.6 is 0 Å². The molecule has 1 saturated heterocycles. The van der Waals surface area contributed by atoms with Gasteiger partial charge in [-0.3, -0.25) is 4.79 Å². The second-order valence-corrected chi connectivity index (χ2v) is 7.47. The highest BCUT2D eigenvalue weighted by Gasteiger charge is 2.44. The van der Waals surface area contributed by atoms with Crippen LogP contribution in [-0.2, 0) is 4.74 Å². The summed E-state index contributed by atoms with van der Waals surface area (Å²) in [6.45, 7) is 2.80. The minimum absolute atomic E-state index is 0.109. The second-order valence-electron chi connectivity index (χ2n) is 7.47. The third kappa shape index (κ3) is 3.30. The van der Waals surface area contributed by atoms with Crippen LogP contribution in [0.4, 0.5) is 0 Å². The Morgan fingerprint density at radius 2 is 1.73 bits per heavy atom. The van der Waals surface area contributed by atoms with Gasteiger partial charge in [0.15, 0.2) is 5.43 Å². The van der Waals surface area contributed by atoms with E-state index in [-0.39, 0.29) is 22.5 Å². The summed E-state index contributed by atoms with van der Waals surface area (Å²) >= 11 is 0. The molecule has 1 fully saturated rings. The van der Waals surface area contributed by atoms with Crippen molar-refractivity contribution in [1.29, 1.82) is 0 Å². The summed E-state index contributed by atoms with van der Waals surface area (Å²) < 4.78 is 16.7. The van der Waals surface area contributed by atoms with E-state index >= 15 is 0 Å². The Bertz CT molecular complexity index is 1170. The van der Waals surface area contributed by atoms with E-state index in [2.05, 4.69) is 0 Å². The average molecular weight is 418 g/mol. The van der Waals surface area contributed by atoms with Gasteiger partial charge in [-0.25, -0.2) is 0 Å². The molecule has 0 spiro atoms. The van der Waals surface area contributed by atoms with Crippen molar-refractivity contribution in [3.05, 3.63) is 45.8 Å². The summed E-state index contributed by atoms with van der Waals surface area (Å²) in [5.41, 5.74) is 0.691. The predicted molar refractivity (Wildman–Crippen MR) is 106 cm³/mol. The Balaban J connectivity index is 1.79. The zero-order valence-electron chi connectivity index (χ0n) is 16.3. The molecule has 0 bridgehead atoms. The van der Waals surface area contributed by atoms with E-state index in [4.69, 9.17) is 13.9 Å². The molecule has 5 atom stereocenters. The van der Waals surface area contributed by atoms with Gasteiger partial charge in [-0.1, -0.05) is 6.07 Å². The molecule has 2 heterocycles. The first-order chi connectivity index (χ1) is 14.2. The lowest BCUT2D eigenvalue weighted by Gasteiger charge is -2.39. The van der Waals surface area contributed by atoms with Crippen molar-refractivity contribution in [2.75, 3.05) is 6.61 Å². The average Bonchev–Trinajstić information content (AvgIpc) is 2.67. The molecule has 1 aliphatic rings. The molecule has 4 rings (SSSR count). The van der Waals surface area contributed by atoms with Gasteiger partial charge in [-0.15, -0.1) is 0 Å². The van der Waals surface area contributed by atoms with Gasteiger partial charge in [-0.2, -0.15) is 0 Å². The van der Waals surface area contributed by atoms with Crippen molar-refractivity contribution in [1.82, 2.24) is 0 Å². The lowest BCUT2D eigenvalue weighted by molar-refractivity contribution is -0.277. The number of hydrogen-bond acceptors (Lipinski definition) is 9. The summed E-state index contributed by atoms with van der Waals surface area (Å²) in [5.74, 6) is 0.296. The molecule has 0 saturated carbocycles. The molecule has 0 radical (unpaired) electrons. The van der Waals surface area contributed by atoms with Crippen LogP contribution in [-0.4, -0.2) is 62.8 Å². The molecule has 0 unspecified atom stereocenters. The highest BCUT2D eigenvalue weighted by atomic mass is 16.7. The largest absolute Gasteiger partial charge is 0.507 e. The number of rotatable bonds is 3. The van der Waals surface area contributed by atoms with Gasteiger partial charge in [0.25, 0.3) is 0 Å².